The van der Waals surface area contributed by atoms with Crippen molar-refractivity contribution >= 4 is 5.91 Å². The van der Waals surface area contributed by atoms with Gasteiger partial charge in [0.25, 0.3) is 5.91 Å². The van der Waals surface area contributed by atoms with Gasteiger partial charge in [0.2, 0.25) is 0 Å². The Morgan fingerprint density at radius 3 is 2.95 bits per heavy atom. The van der Waals surface area contributed by atoms with Crippen molar-refractivity contribution in [3.8, 4) is 5.69 Å². The number of β-amino-alcohol motifs (C(OH)–C–C–N with tert-alkyl or cyclic N) is 1. The van der Waals surface area contributed by atoms with Gasteiger partial charge in [-0.1, -0.05) is 12.1 Å². The number of nitrogens with zero attached hydrogens (tertiary/aromatic N) is 3. The van der Waals surface area contributed by atoms with Crippen LogP contribution in [-0.4, -0.2) is 44.9 Å². The van der Waals surface area contributed by atoms with Crippen LogP contribution in [0.25, 0.3) is 5.69 Å². The highest BCUT2D eigenvalue weighted by molar-refractivity contribution is 5.93. The van der Waals surface area contributed by atoms with E-state index >= 15 is 0 Å². The standard InChI is InChI=1S/C15H16FN3O2/c16-13-5-1-2-6-14(13)19-9-11(8-17-19)15(21)18-7-3-4-12(20)10-18/h1-2,5-6,8-9,12,20H,3-4,7,10H2. The second-order valence-corrected chi connectivity index (χ2v) is 5.17. The van der Waals surface area contributed by atoms with Crippen molar-refractivity contribution in [3.05, 3.63) is 48.0 Å². The number of halogens is 1. The van der Waals surface area contributed by atoms with Gasteiger partial charge in [-0.25, -0.2) is 9.07 Å². The predicted molar refractivity (Wildman–Crippen MR) is 74.7 cm³/mol. The van der Waals surface area contributed by atoms with Crippen molar-refractivity contribution < 1.29 is 14.3 Å². The molecule has 1 unspecified atom stereocenters. The lowest BCUT2D eigenvalue weighted by molar-refractivity contribution is 0.0473. The number of aromatic nitrogens is 2. The van der Waals surface area contributed by atoms with Crippen LogP contribution in [-0.2, 0) is 0 Å². The SMILES string of the molecule is O=C(c1cnn(-c2ccccc2F)c1)N1CCCC(O)C1. The Morgan fingerprint density at radius 1 is 1.38 bits per heavy atom. The highest BCUT2D eigenvalue weighted by Gasteiger charge is 2.24. The van der Waals surface area contributed by atoms with Gasteiger partial charge in [0.1, 0.15) is 11.5 Å². The molecule has 0 bridgehead atoms. The summed E-state index contributed by atoms with van der Waals surface area (Å²) in [6.07, 6.45) is 3.98. The number of rotatable bonds is 2. The van der Waals surface area contributed by atoms with E-state index in [1.54, 1.807) is 23.1 Å². The number of amides is 1. The maximum Gasteiger partial charge on any atom is 0.257 e. The lowest BCUT2D eigenvalue weighted by Gasteiger charge is -2.29. The zero-order valence-corrected chi connectivity index (χ0v) is 11.4. The second-order valence-electron chi connectivity index (χ2n) is 5.17. The number of likely N-dealkylation sites (tertiary alicyclic amines) is 1. The average molecular weight is 289 g/mol. The first-order valence-corrected chi connectivity index (χ1v) is 6.92. The van der Waals surface area contributed by atoms with E-state index in [9.17, 15) is 14.3 Å². The van der Waals surface area contributed by atoms with Crippen LogP contribution in [0.1, 0.15) is 23.2 Å². The quantitative estimate of drug-likeness (QED) is 0.913. The van der Waals surface area contributed by atoms with Gasteiger partial charge in [-0.2, -0.15) is 5.10 Å². The molecular weight excluding hydrogens is 273 g/mol. The molecule has 3 rings (SSSR count). The lowest BCUT2D eigenvalue weighted by Crippen LogP contribution is -2.42. The van der Waals surface area contributed by atoms with Crippen LogP contribution in [0.5, 0.6) is 0 Å². The summed E-state index contributed by atoms with van der Waals surface area (Å²) in [5.74, 6) is -0.579. The number of para-hydroxylation sites is 1. The van der Waals surface area contributed by atoms with Gasteiger partial charge in [0.05, 0.1) is 17.9 Å². The minimum Gasteiger partial charge on any atom is -0.391 e. The Morgan fingerprint density at radius 2 is 2.19 bits per heavy atom. The van der Waals surface area contributed by atoms with E-state index in [-0.39, 0.29) is 5.91 Å². The van der Waals surface area contributed by atoms with Gasteiger partial charge >= 0.3 is 0 Å². The molecule has 5 nitrogen and oxygen atoms in total. The molecule has 1 fully saturated rings. The molecular formula is C15H16FN3O2. The first kappa shape index (κ1) is 13.8. The number of hydrogen-bond donors (Lipinski definition) is 1. The molecule has 1 aromatic carbocycles. The summed E-state index contributed by atoms with van der Waals surface area (Å²) in [7, 11) is 0. The number of carbonyl (C=O) groups excluding carboxylic acids is 1. The van der Waals surface area contributed by atoms with Crippen LogP contribution in [0.15, 0.2) is 36.7 Å². The molecule has 0 aliphatic carbocycles. The van der Waals surface area contributed by atoms with Gasteiger partial charge in [-0.05, 0) is 25.0 Å². The van der Waals surface area contributed by atoms with E-state index in [2.05, 4.69) is 5.10 Å². The molecule has 110 valence electrons. The number of aliphatic hydroxyl groups is 1. The predicted octanol–water partition coefficient (Wildman–Crippen LogP) is 1.61. The summed E-state index contributed by atoms with van der Waals surface area (Å²) >= 11 is 0. The van der Waals surface area contributed by atoms with E-state index < -0.39 is 11.9 Å². The summed E-state index contributed by atoms with van der Waals surface area (Å²) < 4.78 is 15.1. The first-order chi connectivity index (χ1) is 10.1. The second kappa shape index (κ2) is 5.65. The van der Waals surface area contributed by atoms with Gasteiger partial charge in [-0.3, -0.25) is 4.79 Å². The number of aliphatic hydroxyl groups excluding tert-OH is 1. The molecule has 1 N–H and O–H groups in total. The Bertz CT molecular complexity index is 656. The summed E-state index contributed by atoms with van der Waals surface area (Å²) in [4.78, 5) is 14.0. The molecule has 21 heavy (non-hydrogen) atoms. The van der Waals surface area contributed by atoms with Crippen LogP contribution >= 0.6 is 0 Å². The molecule has 1 aliphatic rings. The zero-order valence-electron chi connectivity index (χ0n) is 11.4. The van der Waals surface area contributed by atoms with Crippen LogP contribution in [0.4, 0.5) is 4.39 Å². The molecule has 1 aliphatic heterocycles. The Balaban J connectivity index is 1.82. The molecule has 2 aromatic rings. The van der Waals surface area contributed by atoms with Gasteiger partial charge in [-0.15, -0.1) is 0 Å². The maximum absolute atomic E-state index is 13.7. The normalized spacial score (nSPS) is 18.8. The summed E-state index contributed by atoms with van der Waals surface area (Å²) in [5, 5.41) is 13.7. The molecule has 0 saturated carbocycles. The van der Waals surface area contributed by atoms with Crippen LogP contribution in [0.2, 0.25) is 0 Å². The van der Waals surface area contributed by atoms with Gasteiger partial charge in [0.15, 0.2) is 0 Å². The van der Waals surface area contributed by atoms with Crippen molar-refractivity contribution in [2.45, 2.75) is 18.9 Å². The van der Waals surface area contributed by atoms with Gasteiger partial charge < -0.3 is 10.0 Å². The zero-order chi connectivity index (χ0) is 14.8. The third kappa shape index (κ3) is 2.80. The van der Waals surface area contributed by atoms with Crippen molar-refractivity contribution in [1.82, 2.24) is 14.7 Å². The Kier molecular flexibility index (Phi) is 3.70. The largest absolute Gasteiger partial charge is 0.391 e. The van der Waals surface area contributed by atoms with Crippen LogP contribution < -0.4 is 0 Å². The summed E-state index contributed by atoms with van der Waals surface area (Å²) in [5.41, 5.74) is 0.697. The molecule has 0 radical (unpaired) electrons. The fourth-order valence-corrected chi connectivity index (χ4v) is 2.52. The minimum absolute atomic E-state index is 0.184. The van der Waals surface area contributed by atoms with Crippen LogP contribution in [0, 0.1) is 5.82 Å². The maximum atomic E-state index is 13.7. The lowest BCUT2D eigenvalue weighted by atomic mass is 10.1. The minimum atomic E-state index is -0.468. The highest BCUT2D eigenvalue weighted by atomic mass is 19.1. The van der Waals surface area contributed by atoms with Crippen molar-refractivity contribution in [2.75, 3.05) is 13.1 Å². The van der Waals surface area contributed by atoms with Crippen LogP contribution in [0.3, 0.4) is 0 Å². The van der Waals surface area contributed by atoms with Crippen molar-refractivity contribution in [3.63, 3.8) is 0 Å². The number of hydrogen-bond acceptors (Lipinski definition) is 3. The van der Waals surface area contributed by atoms with E-state index in [4.69, 9.17) is 0 Å². The fraction of sp³-hybridized carbons (Fsp3) is 0.333. The third-order valence-electron chi connectivity index (χ3n) is 3.61. The monoisotopic (exact) mass is 289 g/mol. The van der Waals surface area contributed by atoms with E-state index in [0.29, 0.717) is 24.3 Å². The van der Waals surface area contributed by atoms with E-state index in [1.165, 1.54) is 23.1 Å². The Hall–Kier alpha value is -2.21. The van der Waals surface area contributed by atoms with E-state index in [1.807, 2.05) is 0 Å². The molecule has 6 heteroatoms. The molecule has 1 atom stereocenters. The number of benzene rings is 1. The molecule has 1 aromatic heterocycles. The molecule has 1 amide bonds. The van der Waals surface area contributed by atoms with Gasteiger partial charge in [0, 0.05) is 19.3 Å². The smallest absolute Gasteiger partial charge is 0.257 e. The summed E-state index contributed by atoms with van der Waals surface area (Å²) in [6, 6.07) is 6.26. The van der Waals surface area contributed by atoms with E-state index in [0.717, 1.165) is 12.8 Å². The average Bonchev–Trinajstić information content (AvgIpc) is 2.96. The molecule has 2 heterocycles. The van der Waals surface area contributed by atoms with Crippen molar-refractivity contribution in [1.29, 1.82) is 0 Å². The Labute approximate surface area is 121 Å². The highest BCUT2D eigenvalue weighted by Crippen LogP contribution is 2.16. The van der Waals surface area contributed by atoms with Crippen molar-refractivity contribution in [2.24, 2.45) is 0 Å². The third-order valence-corrected chi connectivity index (χ3v) is 3.61. The first-order valence-electron chi connectivity index (χ1n) is 6.92. The fourth-order valence-electron chi connectivity index (χ4n) is 2.52. The number of carbonyl (C=O) groups is 1. The molecule has 0 spiro atoms. The topological polar surface area (TPSA) is 58.4 Å². The number of piperidine rings is 1. The summed E-state index contributed by atoms with van der Waals surface area (Å²) in [6.45, 7) is 0.963. The molecule has 1 saturated heterocycles.